The van der Waals surface area contributed by atoms with Crippen LogP contribution >= 0.6 is 24.4 Å². The molecule has 15 N–H and O–H groups in total. The van der Waals surface area contributed by atoms with E-state index in [4.69, 9.17) is 43.4 Å². The first-order valence-corrected chi connectivity index (χ1v) is 18.1. The molecule has 3 rings (SSSR count). The lowest BCUT2D eigenvalue weighted by molar-refractivity contribution is -0.315. The van der Waals surface area contributed by atoms with Gasteiger partial charge in [-0.2, -0.15) is 0 Å². The van der Waals surface area contributed by atoms with Crippen molar-refractivity contribution >= 4 is 52.4 Å². The van der Waals surface area contributed by atoms with Gasteiger partial charge < -0.3 is 97.0 Å². The average molecular weight is 816 g/mol. The fourth-order valence-corrected chi connectivity index (χ4v) is 6.62. The molecule has 0 saturated carbocycles. The number of ether oxygens (including phenoxy) is 4. The third-order valence-electron chi connectivity index (χ3n) is 8.83. The Labute approximate surface area is 321 Å². The number of unbranched alkanes of at least 4 members (excludes halogenated alkanes) is 1. The van der Waals surface area contributed by atoms with Gasteiger partial charge in [0, 0.05) is 33.9 Å². The van der Waals surface area contributed by atoms with Gasteiger partial charge in [0.25, 0.3) is 0 Å². The van der Waals surface area contributed by atoms with E-state index in [0.29, 0.717) is 25.9 Å². The van der Waals surface area contributed by atoms with Crippen molar-refractivity contribution < 1.29 is 74.2 Å². The standard InChI is InChI=1S/C30H53N7O15S2/c1-11(41)33-17-22(46)20(44)14(8-38)49-26(17)36-29(53)31-6-4-5-7-32-30(54)37-27-18(34-12(2)42)24(48)25(16(10-40)50-27)52-28-19(35-13(3)43)23(47)21(45)15(9-39)51-28/h14-28,38-40,44-48H,4-10H2,1-3H3,(H,33,41)(H,34,42)(H,35,43)(H2,31,36,53)(H2,32,37,54)/t14-,15-,16-,17-,18-,19-,20-,21+,22-,23-,24-,25-,26-,27-,28+/m1/s1. The van der Waals surface area contributed by atoms with Gasteiger partial charge in [-0.3, -0.25) is 14.4 Å². The number of hydrogen-bond donors (Lipinski definition) is 15. The van der Waals surface area contributed by atoms with Crippen molar-refractivity contribution in [3.8, 4) is 0 Å². The quantitative estimate of drug-likeness (QED) is 0.0539. The van der Waals surface area contributed by atoms with E-state index in [1.807, 2.05) is 0 Å². The fourth-order valence-electron chi connectivity index (χ4n) is 6.18. The molecule has 0 unspecified atom stereocenters. The minimum atomic E-state index is -1.64. The summed E-state index contributed by atoms with van der Waals surface area (Å²) >= 11 is 10.7. The first-order valence-electron chi connectivity index (χ1n) is 17.3. The van der Waals surface area contributed by atoms with E-state index >= 15 is 0 Å². The summed E-state index contributed by atoms with van der Waals surface area (Å²) in [5, 5.41) is 102. The molecule has 0 spiro atoms. The van der Waals surface area contributed by atoms with Crippen LogP contribution in [-0.4, -0.2) is 194 Å². The second-order valence-corrected chi connectivity index (χ2v) is 13.8. The lowest BCUT2D eigenvalue weighted by atomic mass is 9.94. The minimum Gasteiger partial charge on any atom is -0.394 e. The van der Waals surface area contributed by atoms with Gasteiger partial charge in [-0.15, -0.1) is 0 Å². The van der Waals surface area contributed by atoms with Gasteiger partial charge in [0.2, 0.25) is 17.7 Å². The first-order chi connectivity index (χ1) is 25.5. The van der Waals surface area contributed by atoms with E-state index in [9.17, 15) is 55.2 Å². The Bertz CT molecular complexity index is 1280. The fraction of sp³-hybridized carbons (Fsp3) is 0.833. The summed E-state index contributed by atoms with van der Waals surface area (Å²) in [6.07, 6.45) is -15.4. The number of carbonyl (C=O) groups is 3. The highest BCUT2D eigenvalue weighted by molar-refractivity contribution is 7.80. The highest BCUT2D eigenvalue weighted by Crippen LogP contribution is 2.29. The molecule has 3 aliphatic rings. The molecule has 15 atom stereocenters. The molecule has 0 radical (unpaired) electrons. The van der Waals surface area contributed by atoms with E-state index in [0.717, 1.165) is 6.92 Å². The third-order valence-corrected chi connectivity index (χ3v) is 9.35. The highest BCUT2D eigenvalue weighted by atomic mass is 32.1. The second kappa shape index (κ2) is 21.6. The van der Waals surface area contributed by atoms with Gasteiger partial charge in [-0.05, 0) is 37.3 Å². The lowest BCUT2D eigenvalue weighted by Crippen LogP contribution is -2.71. The molecule has 54 heavy (non-hydrogen) atoms. The van der Waals surface area contributed by atoms with Crippen LogP contribution in [0.15, 0.2) is 0 Å². The van der Waals surface area contributed by atoms with Gasteiger partial charge in [-0.25, -0.2) is 0 Å². The van der Waals surface area contributed by atoms with E-state index in [2.05, 4.69) is 37.2 Å². The Kier molecular flexibility index (Phi) is 18.3. The zero-order valence-electron chi connectivity index (χ0n) is 29.9. The van der Waals surface area contributed by atoms with Crippen LogP contribution in [-0.2, 0) is 33.3 Å². The normalized spacial score (nSPS) is 36.6. The lowest BCUT2D eigenvalue weighted by Gasteiger charge is -2.48. The van der Waals surface area contributed by atoms with Crippen molar-refractivity contribution in [1.29, 1.82) is 0 Å². The number of thiocarbonyl (C=S) groups is 2. The number of aliphatic hydroxyl groups excluding tert-OH is 8. The minimum absolute atomic E-state index is 0.0747. The third kappa shape index (κ3) is 12.4. The van der Waals surface area contributed by atoms with Gasteiger partial charge in [0.15, 0.2) is 29.0 Å². The van der Waals surface area contributed by atoms with Crippen LogP contribution in [0.4, 0.5) is 0 Å². The summed E-state index contributed by atoms with van der Waals surface area (Å²) < 4.78 is 23.1. The molecule has 24 heteroatoms. The topological polar surface area (TPSA) is 334 Å². The number of hydrogen-bond acceptors (Lipinski definition) is 17. The van der Waals surface area contributed by atoms with Crippen molar-refractivity contribution in [3.05, 3.63) is 0 Å². The molecule has 3 amide bonds. The maximum absolute atomic E-state index is 12.1. The predicted molar refractivity (Wildman–Crippen MR) is 192 cm³/mol. The van der Waals surface area contributed by atoms with E-state index in [1.54, 1.807) is 0 Å². The Balaban J connectivity index is 1.52. The van der Waals surface area contributed by atoms with Crippen molar-refractivity contribution in [2.45, 2.75) is 125 Å². The molecule has 0 aromatic rings. The van der Waals surface area contributed by atoms with Crippen molar-refractivity contribution in [3.63, 3.8) is 0 Å². The SMILES string of the molecule is CC(=O)N[C@@H]1[C@@H](O)[C@H](O[C@@H]2O[C@H](CO)[C@H](O)[C@H](O)[C@H]2NC(C)=O)[C@@H](CO)O[C@H]1NC(=S)NCCCCNC(=S)N[C@@H]1O[C@H](CO)[C@@H](O)[C@H](O)[C@H]1NC(C)=O. The zero-order chi connectivity index (χ0) is 40.3. The van der Waals surface area contributed by atoms with Crippen LogP contribution in [0.2, 0.25) is 0 Å². The summed E-state index contributed by atoms with van der Waals surface area (Å²) in [5.41, 5.74) is 0. The van der Waals surface area contributed by atoms with E-state index in [1.165, 1.54) is 13.8 Å². The maximum atomic E-state index is 12.1. The number of carbonyl (C=O) groups excluding carboxylic acids is 3. The van der Waals surface area contributed by atoms with Crippen LogP contribution in [0, 0.1) is 0 Å². The molecule has 310 valence electrons. The van der Waals surface area contributed by atoms with Crippen molar-refractivity contribution in [2.75, 3.05) is 32.9 Å². The van der Waals surface area contributed by atoms with Crippen LogP contribution in [0.5, 0.6) is 0 Å². The predicted octanol–water partition coefficient (Wildman–Crippen LogP) is -7.45. The van der Waals surface area contributed by atoms with Gasteiger partial charge >= 0.3 is 0 Å². The van der Waals surface area contributed by atoms with E-state index < -0.39 is 129 Å². The van der Waals surface area contributed by atoms with Gasteiger partial charge in [0.05, 0.1) is 19.8 Å². The summed E-state index contributed by atoms with van der Waals surface area (Å²) in [6, 6.07) is -3.62. The number of rotatable bonds is 15. The molecular formula is C30H53N7O15S2. The highest BCUT2D eigenvalue weighted by Gasteiger charge is 2.52. The zero-order valence-corrected chi connectivity index (χ0v) is 31.5. The molecule has 0 aromatic carbocycles. The Hall–Kier alpha value is -2.69. The number of amides is 3. The summed E-state index contributed by atoms with van der Waals surface area (Å²) in [6.45, 7) is 2.33. The smallest absolute Gasteiger partial charge is 0.217 e. The van der Waals surface area contributed by atoms with Crippen molar-refractivity contribution in [2.24, 2.45) is 0 Å². The van der Waals surface area contributed by atoms with Crippen LogP contribution < -0.4 is 37.2 Å². The molecule has 3 saturated heterocycles. The van der Waals surface area contributed by atoms with E-state index in [-0.39, 0.29) is 10.2 Å². The van der Waals surface area contributed by atoms with Gasteiger partial charge in [0.1, 0.15) is 73.1 Å². The molecule has 0 aromatic heterocycles. The molecular weight excluding hydrogens is 762 g/mol. The van der Waals surface area contributed by atoms with Crippen LogP contribution in [0.1, 0.15) is 33.6 Å². The second-order valence-electron chi connectivity index (χ2n) is 13.0. The Morgan fingerprint density at radius 3 is 1.39 bits per heavy atom. The Morgan fingerprint density at radius 1 is 0.556 bits per heavy atom. The number of aliphatic hydroxyl groups is 8. The Morgan fingerprint density at radius 2 is 0.944 bits per heavy atom. The first kappa shape index (κ1) is 45.7. The van der Waals surface area contributed by atoms with Crippen molar-refractivity contribution in [1.82, 2.24) is 37.2 Å². The molecule has 0 bridgehead atoms. The summed E-state index contributed by atoms with van der Waals surface area (Å²) in [5.74, 6) is -1.64. The molecule has 0 aliphatic carbocycles. The molecule has 3 aliphatic heterocycles. The van der Waals surface area contributed by atoms with Gasteiger partial charge in [-0.1, -0.05) is 0 Å². The largest absolute Gasteiger partial charge is 0.394 e. The van der Waals surface area contributed by atoms with Crippen LogP contribution in [0.25, 0.3) is 0 Å². The average Bonchev–Trinajstić information content (AvgIpc) is 3.11. The monoisotopic (exact) mass is 815 g/mol. The molecule has 3 fully saturated rings. The van der Waals surface area contributed by atoms with Crippen LogP contribution in [0.3, 0.4) is 0 Å². The number of nitrogens with one attached hydrogen (secondary N) is 7. The summed E-state index contributed by atoms with van der Waals surface area (Å²) in [4.78, 5) is 35.6. The summed E-state index contributed by atoms with van der Waals surface area (Å²) in [7, 11) is 0. The molecule has 3 heterocycles. The molecule has 22 nitrogen and oxygen atoms in total. The maximum Gasteiger partial charge on any atom is 0.217 e.